The lowest BCUT2D eigenvalue weighted by molar-refractivity contribution is -0.140. The van der Waals surface area contributed by atoms with E-state index in [1.807, 2.05) is 6.92 Å². The van der Waals surface area contributed by atoms with Crippen LogP contribution >= 0.6 is 0 Å². The Hall–Kier alpha value is -4.20. The lowest BCUT2D eigenvalue weighted by atomic mass is 9.95. The molecule has 1 saturated heterocycles. The molecule has 0 saturated carbocycles. The minimum atomic E-state index is -0.870. The van der Waals surface area contributed by atoms with Gasteiger partial charge in [-0.3, -0.25) is 9.59 Å². The van der Waals surface area contributed by atoms with Gasteiger partial charge in [0.25, 0.3) is 11.7 Å². The summed E-state index contributed by atoms with van der Waals surface area (Å²) < 4.78 is 22.5. The number of benzene rings is 2. The Morgan fingerprint density at radius 3 is 2.45 bits per heavy atom. The summed E-state index contributed by atoms with van der Waals surface area (Å²) in [5, 5.41) is 11.3. The molecule has 1 aliphatic rings. The molecule has 2 heterocycles. The number of aliphatic hydroxyl groups excluding tert-OH is 1. The Morgan fingerprint density at radius 2 is 1.82 bits per heavy atom. The summed E-state index contributed by atoms with van der Waals surface area (Å²) in [4.78, 5) is 28.0. The summed E-state index contributed by atoms with van der Waals surface area (Å²) in [6, 6.07) is 14.6. The van der Waals surface area contributed by atoms with Crippen molar-refractivity contribution >= 4 is 17.4 Å². The van der Waals surface area contributed by atoms with Gasteiger partial charge < -0.3 is 28.6 Å². The normalized spacial score (nSPS) is 16.8. The number of aliphatic hydroxyl groups is 1. The molecular formula is C30H33NO7. The third kappa shape index (κ3) is 5.69. The first-order valence-corrected chi connectivity index (χ1v) is 12.7. The van der Waals surface area contributed by atoms with E-state index in [1.54, 1.807) is 54.6 Å². The molecule has 1 fully saturated rings. The van der Waals surface area contributed by atoms with Crippen LogP contribution < -0.4 is 14.2 Å². The Morgan fingerprint density at radius 1 is 1.05 bits per heavy atom. The maximum atomic E-state index is 13.3. The van der Waals surface area contributed by atoms with Crippen LogP contribution in [-0.4, -0.2) is 42.0 Å². The van der Waals surface area contributed by atoms with Crippen LogP contribution in [0.25, 0.3) is 5.76 Å². The Bertz CT molecular complexity index is 1290. The van der Waals surface area contributed by atoms with Crippen LogP contribution in [0.2, 0.25) is 0 Å². The fourth-order valence-corrected chi connectivity index (χ4v) is 4.37. The smallest absolute Gasteiger partial charge is 0.296 e. The molecule has 3 aromatic rings. The van der Waals surface area contributed by atoms with Gasteiger partial charge in [0.1, 0.15) is 17.3 Å². The number of hydrogen-bond acceptors (Lipinski definition) is 7. The van der Waals surface area contributed by atoms with E-state index in [2.05, 4.69) is 13.8 Å². The Kier molecular flexibility index (Phi) is 8.41. The van der Waals surface area contributed by atoms with Crippen LogP contribution in [0.1, 0.15) is 50.1 Å². The number of rotatable bonds is 11. The number of ketones is 1. The molecule has 1 N–H and O–H groups in total. The van der Waals surface area contributed by atoms with Crippen molar-refractivity contribution in [1.82, 2.24) is 4.90 Å². The predicted octanol–water partition coefficient (Wildman–Crippen LogP) is 5.73. The number of likely N-dealkylation sites (tertiary alicyclic amines) is 1. The molecule has 0 radical (unpaired) electrons. The number of carbonyl (C=O) groups excluding carboxylic acids is 2. The average Bonchev–Trinajstić information content (AvgIpc) is 3.51. The van der Waals surface area contributed by atoms with E-state index in [4.69, 9.17) is 18.6 Å². The van der Waals surface area contributed by atoms with Gasteiger partial charge in [-0.1, -0.05) is 19.9 Å². The van der Waals surface area contributed by atoms with E-state index in [0.717, 1.165) is 6.42 Å². The summed E-state index contributed by atoms with van der Waals surface area (Å²) in [5.74, 6) is 0.899. The van der Waals surface area contributed by atoms with Gasteiger partial charge in [0.2, 0.25) is 0 Å². The highest BCUT2D eigenvalue weighted by Gasteiger charge is 2.46. The molecule has 8 nitrogen and oxygen atoms in total. The number of hydrogen-bond donors (Lipinski definition) is 1. The first-order chi connectivity index (χ1) is 18.3. The van der Waals surface area contributed by atoms with E-state index in [-0.39, 0.29) is 17.9 Å². The van der Waals surface area contributed by atoms with Gasteiger partial charge in [0, 0.05) is 5.56 Å². The summed E-state index contributed by atoms with van der Waals surface area (Å²) in [7, 11) is 1.54. The molecule has 0 spiro atoms. The second-order valence-corrected chi connectivity index (χ2v) is 9.41. The quantitative estimate of drug-likeness (QED) is 0.196. The van der Waals surface area contributed by atoms with Crippen molar-refractivity contribution in [3.8, 4) is 17.2 Å². The standard InChI is InChI=1S/C30H33NO7/c1-5-36-22-11-8-20(9-12-22)28(32)26-27(31(30(34)29(26)33)18-23-7-6-15-37-23)21-10-13-24(25(17-21)35-4)38-16-14-19(2)3/h6-13,15,17,19,27,32H,5,14,16,18H2,1-4H3/b28-26+. The first kappa shape index (κ1) is 26.9. The van der Waals surface area contributed by atoms with Crippen LogP contribution in [0.5, 0.6) is 17.2 Å². The summed E-state index contributed by atoms with van der Waals surface area (Å²) in [6.07, 6.45) is 2.39. The molecule has 2 aromatic carbocycles. The molecule has 0 bridgehead atoms. The molecule has 8 heteroatoms. The molecule has 0 aliphatic carbocycles. The lowest BCUT2D eigenvalue weighted by Crippen LogP contribution is -2.29. The molecule has 1 unspecified atom stereocenters. The number of Topliss-reactive ketones (excluding diaryl/α,β-unsaturated/α-hetero) is 1. The zero-order valence-corrected chi connectivity index (χ0v) is 22.1. The highest BCUT2D eigenvalue weighted by Crippen LogP contribution is 2.43. The number of methoxy groups -OCH3 is 1. The highest BCUT2D eigenvalue weighted by atomic mass is 16.5. The Balaban J connectivity index is 1.78. The molecule has 1 amide bonds. The molecule has 1 aromatic heterocycles. The number of furan rings is 1. The molecule has 1 atom stereocenters. The van der Waals surface area contributed by atoms with Crippen molar-refractivity contribution in [1.29, 1.82) is 0 Å². The zero-order chi connectivity index (χ0) is 27.2. The van der Waals surface area contributed by atoms with Crippen molar-refractivity contribution in [2.75, 3.05) is 20.3 Å². The second kappa shape index (κ2) is 11.9. The molecule has 38 heavy (non-hydrogen) atoms. The molecule has 200 valence electrons. The summed E-state index contributed by atoms with van der Waals surface area (Å²) >= 11 is 0. The topological polar surface area (TPSA) is 98.4 Å². The molecular weight excluding hydrogens is 486 g/mol. The van der Waals surface area contributed by atoms with E-state index < -0.39 is 17.7 Å². The van der Waals surface area contributed by atoms with Gasteiger partial charge in [-0.2, -0.15) is 0 Å². The number of ether oxygens (including phenoxy) is 3. The third-order valence-electron chi connectivity index (χ3n) is 6.34. The van der Waals surface area contributed by atoms with Gasteiger partial charge in [0.15, 0.2) is 11.5 Å². The van der Waals surface area contributed by atoms with Crippen LogP contribution in [0.4, 0.5) is 0 Å². The monoisotopic (exact) mass is 519 g/mol. The summed E-state index contributed by atoms with van der Waals surface area (Å²) in [6.45, 7) is 7.21. The maximum Gasteiger partial charge on any atom is 0.296 e. The van der Waals surface area contributed by atoms with Crippen LogP contribution in [0.15, 0.2) is 70.9 Å². The SMILES string of the molecule is CCOc1ccc(/C(O)=C2\C(=O)C(=O)N(Cc3ccco3)C2c2ccc(OCCC(C)C)c(OC)c2)cc1. The van der Waals surface area contributed by atoms with E-state index in [1.165, 1.54) is 18.3 Å². The van der Waals surface area contributed by atoms with Gasteiger partial charge in [-0.15, -0.1) is 0 Å². The predicted molar refractivity (Wildman–Crippen MR) is 142 cm³/mol. The van der Waals surface area contributed by atoms with Crippen LogP contribution in [-0.2, 0) is 16.1 Å². The minimum Gasteiger partial charge on any atom is -0.507 e. The lowest BCUT2D eigenvalue weighted by Gasteiger charge is -2.25. The number of carbonyl (C=O) groups is 2. The van der Waals surface area contributed by atoms with Gasteiger partial charge in [0.05, 0.1) is 44.7 Å². The zero-order valence-electron chi connectivity index (χ0n) is 22.1. The van der Waals surface area contributed by atoms with Crippen molar-refractivity contribution in [2.45, 2.75) is 39.8 Å². The van der Waals surface area contributed by atoms with E-state index in [9.17, 15) is 14.7 Å². The van der Waals surface area contributed by atoms with E-state index in [0.29, 0.717) is 53.3 Å². The maximum absolute atomic E-state index is 13.3. The fraction of sp³-hybridized carbons (Fsp3) is 0.333. The van der Waals surface area contributed by atoms with Crippen molar-refractivity contribution < 1.29 is 33.3 Å². The van der Waals surface area contributed by atoms with Gasteiger partial charge >= 0.3 is 0 Å². The molecule has 1 aliphatic heterocycles. The van der Waals surface area contributed by atoms with Crippen molar-refractivity contribution in [3.05, 3.63) is 83.3 Å². The van der Waals surface area contributed by atoms with Gasteiger partial charge in [-0.05, 0) is 73.4 Å². The highest BCUT2D eigenvalue weighted by molar-refractivity contribution is 6.46. The minimum absolute atomic E-state index is 0.0127. The first-order valence-electron chi connectivity index (χ1n) is 12.7. The van der Waals surface area contributed by atoms with Crippen LogP contribution in [0, 0.1) is 5.92 Å². The Labute approximate surface area is 222 Å². The van der Waals surface area contributed by atoms with E-state index >= 15 is 0 Å². The second-order valence-electron chi connectivity index (χ2n) is 9.41. The number of nitrogens with zero attached hydrogens (tertiary/aromatic N) is 1. The molecule has 4 rings (SSSR count). The van der Waals surface area contributed by atoms with Gasteiger partial charge in [-0.25, -0.2) is 0 Å². The van der Waals surface area contributed by atoms with Crippen molar-refractivity contribution in [2.24, 2.45) is 5.92 Å². The summed E-state index contributed by atoms with van der Waals surface area (Å²) in [5.41, 5.74) is 0.979. The number of amides is 1. The van der Waals surface area contributed by atoms with Crippen LogP contribution in [0.3, 0.4) is 0 Å². The van der Waals surface area contributed by atoms with Crippen molar-refractivity contribution in [3.63, 3.8) is 0 Å². The average molecular weight is 520 g/mol. The fourth-order valence-electron chi connectivity index (χ4n) is 4.37. The third-order valence-corrected chi connectivity index (χ3v) is 6.34. The largest absolute Gasteiger partial charge is 0.507 e.